The van der Waals surface area contributed by atoms with Crippen LogP contribution < -0.4 is 20.4 Å². The van der Waals surface area contributed by atoms with E-state index in [-0.39, 0.29) is 23.3 Å². The maximum absolute atomic E-state index is 13.1. The minimum atomic E-state index is -2.13. The summed E-state index contributed by atoms with van der Waals surface area (Å²) in [6.07, 6.45) is 24.9. The SMILES string of the molecule is CCC[CH2][Sn]([CH2]CCC)([CH2]CCC)[c]1cscn1.Cn1ccc(Cn2ncc3c4cc(CCl)ncc4n(C)c3c2=O)n1.Cn1ccc(Cn2ncc3c4cc(CO)ncc4n(C)c3c2=O)n1.Cn1ccc(Cn2ncc3c4cc(Cc5cscn5)ncc4n(C)c3c2=O)n1. The van der Waals surface area contributed by atoms with Crippen molar-refractivity contribution in [2.75, 3.05) is 0 Å². The van der Waals surface area contributed by atoms with E-state index in [4.69, 9.17) is 16.6 Å². The van der Waals surface area contributed by atoms with Crippen molar-refractivity contribution < 1.29 is 5.11 Å². The topological polar surface area (TPSA) is 258 Å². The Morgan fingerprint density at radius 2 is 0.840 bits per heavy atom. The molecule has 14 rings (SSSR count). The minimum absolute atomic E-state index is 0.136. The number of aliphatic hydroxyl groups excluding tert-OH is 1. The van der Waals surface area contributed by atoms with Crippen LogP contribution in [0.1, 0.15) is 99.2 Å². The van der Waals surface area contributed by atoms with Crippen LogP contribution in [0.4, 0.5) is 0 Å². The zero-order valence-electron chi connectivity index (χ0n) is 54.4. The Morgan fingerprint density at radius 1 is 0.457 bits per heavy atom. The Labute approximate surface area is 558 Å². The number of thiazole rings is 2. The molecule has 0 aliphatic rings. The number of pyridine rings is 3. The molecule has 0 amide bonds. The molecular weight excluding hydrogens is 1360 g/mol. The Kier molecular flexibility index (Phi) is 21.2. The zero-order valence-corrected chi connectivity index (χ0v) is 59.6. The third-order valence-corrected chi connectivity index (χ3v) is 34.4. The molecule has 0 radical (unpaired) electrons. The molecule has 14 aromatic rings. The molecular formula is C66H77ClN20O4S2Sn. The molecule has 94 heavy (non-hydrogen) atoms. The normalized spacial score (nSPS) is 11.7. The third-order valence-electron chi connectivity index (χ3n) is 17.2. The first-order valence-corrected chi connectivity index (χ1v) is 41.3. The Hall–Kier alpha value is -8.57. The molecule has 14 aromatic heterocycles. The number of aliphatic hydroxyl groups is 1. The van der Waals surface area contributed by atoms with Crippen LogP contribution in [-0.2, 0) is 80.8 Å². The van der Waals surface area contributed by atoms with Gasteiger partial charge >= 0.3 is 122 Å². The second kappa shape index (κ2) is 29.8. The van der Waals surface area contributed by atoms with Gasteiger partial charge in [-0.3, -0.25) is 43.4 Å². The molecule has 488 valence electrons. The molecule has 0 aliphatic carbocycles. The first kappa shape index (κ1) is 66.9. The number of rotatable bonds is 20. The molecule has 0 aliphatic heterocycles. The van der Waals surface area contributed by atoms with Crippen molar-refractivity contribution >= 4 is 122 Å². The van der Waals surface area contributed by atoms with Gasteiger partial charge in [0.2, 0.25) is 0 Å². The van der Waals surface area contributed by atoms with Crippen LogP contribution in [0.3, 0.4) is 0 Å². The minimum Gasteiger partial charge on any atom is -0.390 e. The van der Waals surface area contributed by atoms with Crippen molar-refractivity contribution in [2.24, 2.45) is 42.3 Å². The van der Waals surface area contributed by atoms with Gasteiger partial charge in [0, 0.05) is 111 Å². The van der Waals surface area contributed by atoms with E-state index in [1.165, 1.54) is 65.9 Å². The van der Waals surface area contributed by atoms with Crippen molar-refractivity contribution in [2.45, 2.75) is 111 Å². The van der Waals surface area contributed by atoms with E-state index in [1.54, 1.807) is 66.1 Å². The molecule has 0 saturated heterocycles. The fourth-order valence-electron chi connectivity index (χ4n) is 12.3. The smallest absolute Gasteiger partial charge is 0.291 e. The van der Waals surface area contributed by atoms with Crippen LogP contribution in [0.5, 0.6) is 0 Å². The Bertz CT molecular complexity index is 4910. The average molecular weight is 1430 g/mol. The molecule has 0 unspecified atom stereocenters. The first-order valence-electron chi connectivity index (χ1n) is 31.4. The molecule has 28 heteroatoms. The van der Waals surface area contributed by atoms with E-state index in [0.717, 1.165) is 83.0 Å². The van der Waals surface area contributed by atoms with Crippen LogP contribution in [-0.4, -0.2) is 121 Å². The predicted octanol–water partition coefficient (Wildman–Crippen LogP) is 9.67. The van der Waals surface area contributed by atoms with Gasteiger partial charge in [-0.25, -0.2) is 19.0 Å². The standard InChI is InChI=1S/C19H17N7OS.C16H15ClN6O.C16H16N6O2.3C4H9.C3H2NS.Sn/c1-24-4-3-12(23-24)9-26-19(27)18-16(7-22-26)15-6-13(5-14-10-28-11-21-14)20-8-17(15)25(18)2;1-21-4-3-10(20-21)9-23-16(24)15-13(7-19-23)12-5-11(6-17)18-8-14(12)22(15)2;1-20-4-3-10(19-20)8-22-16(24)15-13(6-18-22)12-5-11(9-23)17-7-14(12)21(15)2;3*1-3-4-2;1-2-5-3-4-1;/h3-4,6-8,10-11H,5,9H2,1-2H3;3-5,7-8H,6,9H2,1-2H3;3-7,23H,8-9H2,1-2H3;3*1,3-4H2,2H3;2-3H;. The number of aromatic nitrogens is 20. The van der Waals surface area contributed by atoms with Gasteiger partial charge in [0.15, 0.2) is 0 Å². The first-order chi connectivity index (χ1) is 45.5. The summed E-state index contributed by atoms with van der Waals surface area (Å²) in [5, 5.41) is 44.8. The van der Waals surface area contributed by atoms with Crippen molar-refractivity contribution in [1.82, 2.24) is 97.3 Å². The number of nitrogens with zero attached hydrogens (tertiary/aromatic N) is 20. The van der Waals surface area contributed by atoms with Crippen molar-refractivity contribution in [3.05, 3.63) is 185 Å². The molecule has 0 aromatic carbocycles. The second-order valence-corrected chi connectivity index (χ2v) is 38.5. The van der Waals surface area contributed by atoms with Crippen LogP contribution in [0.25, 0.3) is 65.4 Å². The monoisotopic (exact) mass is 1430 g/mol. The molecule has 24 nitrogen and oxygen atoms in total. The van der Waals surface area contributed by atoms with Gasteiger partial charge in [-0.15, -0.1) is 22.9 Å². The second-order valence-electron chi connectivity index (χ2n) is 23.7. The van der Waals surface area contributed by atoms with Crippen LogP contribution >= 0.6 is 34.3 Å². The van der Waals surface area contributed by atoms with E-state index in [1.807, 2.05) is 133 Å². The fourth-order valence-corrected chi connectivity index (χ4v) is 30.8. The number of unbranched alkanes of at least 4 members (excludes halogenated alkanes) is 3. The Balaban J connectivity index is 0.000000129. The number of hydrogen-bond donors (Lipinski definition) is 1. The molecule has 14 heterocycles. The molecule has 0 atom stereocenters. The van der Waals surface area contributed by atoms with Gasteiger partial charge in [-0.2, -0.15) is 30.6 Å². The largest absolute Gasteiger partial charge is 0.390 e. The predicted molar refractivity (Wildman–Crippen MR) is 375 cm³/mol. The molecule has 0 bridgehead atoms. The number of hydrogen-bond acceptors (Lipinski definition) is 17. The number of aryl methyl sites for hydroxylation is 6. The van der Waals surface area contributed by atoms with Gasteiger partial charge in [0.05, 0.1) is 126 Å². The average Bonchev–Trinajstić information content (AvgIpc) is 1.62. The summed E-state index contributed by atoms with van der Waals surface area (Å²) in [7, 11) is 11.1. The van der Waals surface area contributed by atoms with E-state index in [9.17, 15) is 19.5 Å². The molecule has 0 fully saturated rings. The summed E-state index contributed by atoms with van der Waals surface area (Å²) in [4.78, 5) is 61.0. The van der Waals surface area contributed by atoms with Crippen LogP contribution in [0, 0.1) is 0 Å². The summed E-state index contributed by atoms with van der Waals surface area (Å²) in [6.45, 7) is 7.84. The molecule has 1 N–H and O–H groups in total. The Morgan fingerprint density at radius 3 is 1.19 bits per heavy atom. The van der Waals surface area contributed by atoms with Crippen LogP contribution in [0.15, 0.2) is 128 Å². The molecule has 0 saturated carbocycles. The van der Waals surface area contributed by atoms with Crippen LogP contribution in [0.2, 0.25) is 13.3 Å². The fraction of sp³-hybridized carbons (Fsp3) is 0.364. The summed E-state index contributed by atoms with van der Waals surface area (Å²) >= 11 is 7.12. The third kappa shape index (κ3) is 14.3. The van der Waals surface area contributed by atoms with Gasteiger partial charge < -0.3 is 18.8 Å². The van der Waals surface area contributed by atoms with E-state index < -0.39 is 18.4 Å². The van der Waals surface area contributed by atoms with Gasteiger partial charge in [-0.1, -0.05) is 0 Å². The van der Waals surface area contributed by atoms with E-state index in [2.05, 4.69) is 82.2 Å². The maximum atomic E-state index is 13.1. The number of fused-ring (bicyclic) bond motifs is 9. The zero-order chi connectivity index (χ0) is 66.2. The quantitative estimate of drug-likeness (QED) is 0.0550. The van der Waals surface area contributed by atoms with Gasteiger partial charge in [-0.05, 0) is 36.4 Å². The molecule has 0 spiro atoms. The summed E-state index contributed by atoms with van der Waals surface area (Å²) in [5.41, 5.74) is 13.4. The summed E-state index contributed by atoms with van der Waals surface area (Å²) < 4.78 is 21.2. The van der Waals surface area contributed by atoms with Crippen molar-refractivity contribution in [3.63, 3.8) is 0 Å². The summed E-state index contributed by atoms with van der Waals surface area (Å²) in [5.74, 6) is 0.330. The van der Waals surface area contributed by atoms with E-state index in [0.29, 0.717) is 54.2 Å². The number of halogens is 1. The number of alkyl halides is 1. The van der Waals surface area contributed by atoms with Gasteiger partial charge in [0.1, 0.15) is 16.6 Å². The van der Waals surface area contributed by atoms with Crippen molar-refractivity contribution in [1.29, 1.82) is 0 Å². The van der Waals surface area contributed by atoms with Gasteiger partial charge in [0.25, 0.3) is 16.7 Å². The van der Waals surface area contributed by atoms with Crippen molar-refractivity contribution in [3.8, 4) is 0 Å². The van der Waals surface area contributed by atoms with E-state index >= 15 is 0 Å². The summed E-state index contributed by atoms with van der Waals surface area (Å²) in [6, 6.07) is 11.3. The maximum Gasteiger partial charge on any atom is 0.291 e.